The lowest BCUT2D eigenvalue weighted by molar-refractivity contribution is 0.0625. The third kappa shape index (κ3) is 3.34. The van der Waals surface area contributed by atoms with Gasteiger partial charge in [-0.2, -0.15) is 0 Å². The Hall–Kier alpha value is -3.06. The molecule has 0 spiro atoms. The first-order chi connectivity index (χ1) is 12.7. The van der Waals surface area contributed by atoms with E-state index in [2.05, 4.69) is 19.9 Å². The second-order valence-electron chi connectivity index (χ2n) is 6.35. The van der Waals surface area contributed by atoms with E-state index in [1.165, 1.54) is 0 Å². The molecule has 0 saturated carbocycles. The van der Waals surface area contributed by atoms with E-state index in [9.17, 15) is 4.79 Å². The Kier molecular flexibility index (Phi) is 4.45. The third-order valence-electron chi connectivity index (χ3n) is 4.61. The van der Waals surface area contributed by atoms with Crippen molar-refractivity contribution >= 4 is 22.6 Å². The van der Waals surface area contributed by atoms with Crippen LogP contribution in [0.2, 0.25) is 0 Å². The Morgan fingerprint density at radius 1 is 1.04 bits per heavy atom. The van der Waals surface area contributed by atoms with Gasteiger partial charge in [0, 0.05) is 44.0 Å². The number of amides is 1. The van der Waals surface area contributed by atoms with Gasteiger partial charge in [-0.25, -0.2) is 9.97 Å². The monoisotopic (exact) mass is 348 g/mol. The molecule has 1 aliphatic heterocycles. The highest BCUT2D eigenvalue weighted by Gasteiger charge is 2.23. The average molecular weight is 348 g/mol. The third-order valence-corrected chi connectivity index (χ3v) is 4.61. The van der Waals surface area contributed by atoms with Crippen LogP contribution in [0, 0.1) is 0 Å². The lowest BCUT2D eigenvalue weighted by Crippen LogP contribution is -2.48. The van der Waals surface area contributed by atoms with E-state index < -0.39 is 0 Å². The van der Waals surface area contributed by atoms with E-state index in [0.29, 0.717) is 36.8 Å². The van der Waals surface area contributed by atoms with Crippen molar-refractivity contribution in [2.24, 2.45) is 0 Å². The highest BCUT2D eigenvalue weighted by atomic mass is 16.2. The topological polar surface area (TPSA) is 88.2 Å². The number of nitrogen functional groups attached to an aromatic ring is 1. The number of aromatic nitrogens is 3. The molecule has 4 rings (SSSR count). The predicted octanol–water partition coefficient (Wildman–Crippen LogP) is 1.56. The second-order valence-corrected chi connectivity index (χ2v) is 6.35. The Labute approximate surface area is 151 Å². The first-order valence-corrected chi connectivity index (χ1v) is 8.63. The minimum absolute atomic E-state index is 0.0314. The van der Waals surface area contributed by atoms with Gasteiger partial charge in [0.1, 0.15) is 11.6 Å². The largest absolute Gasteiger partial charge is 0.383 e. The second kappa shape index (κ2) is 7.05. The van der Waals surface area contributed by atoms with Gasteiger partial charge in [0.25, 0.3) is 5.91 Å². The molecule has 26 heavy (non-hydrogen) atoms. The molecule has 1 fully saturated rings. The summed E-state index contributed by atoms with van der Waals surface area (Å²) in [6.45, 7) is 3.54. The number of rotatable bonds is 3. The number of fused-ring (bicyclic) bond motifs is 1. The molecule has 2 aromatic heterocycles. The molecule has 0 atom stereocenters. The minimum atomic E-state index is 0.0314. The smallest absolute Gasteiger partial charge is 0.255 e. The number of piperazine rings is 1. The predicted molar refractivity (Wildman–Crippen MR) is 99.4 cm³/mol. The summed E-state index contributed by atoms with van der Waals surface area (Å²) in [6.07, 6.45) is 3.28. The van der Waals surface area contributed by atoms with Crippen molar-refractivity contribution in [2.75, 3.05) is 31.9 Å². The van der Waals surface area contributed by atoms with Crippen molar-refractivity contribution < 1.29 is 4.79 Å². The van der Waals surface area contributed by atoms with Crippen molar-refractivity contribution in [2.45, 2.75) is 6.54 Å². The zero-order valence-electron chi connectivity index (χ0n) is 14.4. The molecular weight excluding hydrogens is 328 g/mol. The lowest BCUT2D eigenvalue weighted by atomic mass is 10.2. The van der Waals surface area contributed by atoms with Gasteiger partial charge >= 0.3 is 0 Å². The van der Waals surface area contributed by atoms with Gasteiger partial charge in [0.15, 0.2) is 0 Å². The number of pyridine rings is 1. The van der Waals surface area contributed by atoms with E-state index >= 15 is 0 Å². The Morgan fingerprint density at radius 2 is 1.85 bits per heavy atom. The SMILES string of the molecule is Nc1nc(CN2CCN(C(=O)c3cccnc3)CC2)nc2ccccc12. The van der Waals surface area contributed by atoms with E-state index in [1.807, 2.05) is 29.2 Å². The molecule has 3 heterocycles. The van der Waals surface area contributed by atoms with Crippen LogP contribution in [-0.2, 0) is 6.54 Å². The van der Waals surface area contributed by atoms with Crippen LogP contribution in [0.3, 0.4) is 0 Å². The van der Waals surface area contributed by atoms with Crippen LogP contribution >= 0.6 is 0 Å². The number of nitrogens with zero attached hydrogens (tertiary/aromatic N) is 5. The summed E-state index contributed by atoms with van der Waals surface area (Å²) in [7, 11) is 0. The Balaban J connectivity index is 1.40. The fourth-order valence-electron chi connectivity index (χ4n) is 3.20. The standard InChI is InChI=1S/C19H20N6O/c20-18-15-5-1-2-6-16(15)22-17(23-18)13-24-8-10-25(11-9-24)19(26)14-4-3-7-21-12-14/h1-7,12H,8-11,13H2,(H2,20,22,23). The number of anilines is 1. The van der Waals surface area contributed by atoms with Crippen molar-refractivity contribution in [1.82, 2.24) is 24.8 Å². The summed E-state index contributed by atoms with van der Waals surface area (Å²) in [5.41, 5.74) is 7.55. The number of carbonyl (C=O) groups excluding carboxylic acids is 1. The molecule has 0 aliphatic carbocycles. The van der Waals surface area contributed by atoms with Gasteiger partial charge in [-0.05, 0) is 24.3 Å². The number of benzene rings is 1. The Bertz CT molecular complexity index is 922. The number of hydrogen-bond donors (Lipinski definition) is 1. The van der Waals surface area contributed by atoms with Crippen LogP contribution < -0.4 is 5.73 Å². The van der Waals surface area contributed by atoms with Gasteiger partial charge in [-0.15, -0.1) is 0 Å². The normalized spacial score (nSPS) is 15.3. The summed E-state index contributed by atoms with van der Waals surface area (Å²) in [6, 6.07) is 11.3. The van der Waals surface area contributed by atoms with Crippen LogP contribution in [-0.4, -0.2) is 56.8 Å². The number of hydrogen-bond acceptors (Lipinski definition) is 6. The maximum Gasteiger partial charge on any atom is 0.255 e. The maximum absolute atomic E-state index is 12.5. The number of para-hydroxylation sites is 1. The molecule has 7 heteroatoms. The molecule has 0 unspecified atom stereocenters. The van der Waals surface area contributed by atoms with Crippen LogP contribution in [0.25, 0.3) is 10.9 Å². The van der Waals surface area contributed by atoms with Gasteiger partial charge < -0.3 is 10.6 Å². The molecule has 7 nitrogen and oxygen atoms in total. The van der Waals surface area contributed by atoms with E-state index in [-0.39, 0.29) is 5.91 Å². The fraction of sp³-hybridized carbons (Fsp3) is 0.263. The van der Waals surface area contributed by atoms with Gasteiger partial charge in [0.2, 0.25) is 0 Å². The van der Waals surface area contributed by atoms with E-state index in [0.717, 1.165) is 24.0 Å². The maximum atomic E-state index is 12.5. The Morgan fingerprint density at radius 3 is 2.62 bits per heavy atom. The lowest BCUT2D eigenvalue weighted by Gasteiger charge is -2.34. The van der Waals surface area contributed by atoms with Crippen molar-refractivity contribution in [3.8, 4) is 0 Å². The van der Waals surface area contributed by atoms with Crippen molar-refractivity contribution in [3.63, 3.8) is 0 Å². The van der Waals surface area contributed by atoms with Crippen molar-refractivity contribution in [3.05, 3.63) is 60.2 Å². The molecule has 1 amide bonds. The van der Waals surface area contributed by atoms with Gasteiger partial charge in [-0.3, -0.25) is 14.7 Å². The van der Waals surface area contributed by atoms with Gasteiger partial charge in [0.05, 0.1) is 17.6 Å². The van der Waals surface area contributed by atoms with Crippen LogP contribution in [0.1, 0.15) is 16.2 Å². The first kappa shape index (κ1) is 16.4. The highest BCUT2D eigenvalue weighted by molar-refractivity contribution is 5.94. The van der Waals surface area contributed by atoms with Crippen LogP contribution in [0.15, 0.2) is 48.8 Å². The van der Waals surface area contributed by atoms with Crippen LogP contribution in [0.4, 0.5) is 5.82 Å². The summed E-state index contributed by atoms with van der Waals surface area (Å²) in [5, 5.41) is 0.878. The molecular formula is C19H20N6O. The average Bonchev–Trinajstić information content (AvgIpc) is 2.69. The minimum Gasteiger partial charge on any atom is -0.383 e. The molecule has 1 aliphatic rings. The highest BCUT2D eigenvalue weighted by Crippen LogP contribution is 2.18. The zero-order chi connectivity index (χ0) is 17.9. The molecule has 0 radical (unpaired) electrons. The molecule has 2 N–H and O–H groups in total. The molecule has 132 valence electrons. The molecule has 0 bridgehead atoms. The first-order valence-electron chi connectivity index (χ1n) is 8.63. The summed E-state index contributed by atoms with van der Waals surface area (Å²) < 4.78 is 0. The van der Waals surface area contributed by atoms with Crippen molar-refractivity contribution in [1.29, 1.82) is 0 Å². The van der Waals surface area contributed by atoms with E-state index in [4.69, 9.17) is 5.73 Å². The molecule has 1 saturated heterocycles. The summed E-state index contributed by atoms with van der Waals surface area (Å²) in [5.74, 6) is 1.26. The molecule has 3 aromatic rings. The zero-order valence-corrected chi connectivity index (χ0v) is 14.4. The van der Waals surface area contributed by atoms with E-state index in [1.54, 1.807) is 24.5 Å². The van der Waals surface area contributed by atoms with Gasteiger partial charge in [-0.1, -0.05) is 12.1 Å². The quantitative estimate of drug-likeness (QED) is 0.773. The van der Waals surface area contributed by atoms with Crippen LogP contribution in [0.5, 0.6) is 0 Å². The fourth-order valence-corrected chi connectivity index (χ4v) is 3.20. The number of nitrogens with two attached hydrogens (primary N) is 1. The summed E-state index contributed by atoms with van der Waals surface area (Å²) in [4.78, 5) is 29.7. The number of carbonyl (C=O) groups is 1. The summed E-state index contributed by atoms with van der Waals surface area (Å²) >= 11 is 0. The molecule has 1 aromatic carbocycles.